The summed E-state index contributed by atoms with van der Waals surface area (Å²) in [5.74, 6) is -2.51. The lowest BCUT2D eigenvalue weighted by atomic mass is 9.76. The molecule has 164 valence electrons. The molecule has 2 aliphatic rings. The quantitative estimate of drug-likeness (QED) is 0.527. The van der Waals surface area contributed by atoms with Crippen molar-refractivity contribution in [2.75, 3.05) is 0 Å². The Labute approximate surface area is 173 Å². The molecule has 1 N–H and O–H groups in total. The number of ketones is 2. The summed E-state index contributed by atoms with van der Waals surface area (Å²) < 4.78 is 11.2. The third kappa shape index (κ3) is 4.64. The second-order valence-corrected chi connectivity index (χ2v) is 9.22. The van der Waals surface area contributed by atoms with E-state index in [0.717, 1.165) is 0 Å². The average Bonchev–Trinajstić information content (AvgIpc) is 2.97. The first kappa shape index (κ1) is 23.4. The largest absolute Gasteiger partial charge is 0.458 e. The Morgan fingerprint density at radius 2 is 1.52 bits per heavy atom. The van der Waals surface area contributed by atoms with Crippen molar-refractivity contribution in [2.45, 2.75) is 85.5 Å². The van der Waals surface area contributed by atoms with E-state index in [0.29, 0.717) is 19.3 Å². The fourth-order valence-electron chi connectivity index (χ4n) is 4.99. The maximum atomic E-state index is 13.1. The molecule has 0 aromatic rings. The number of rotatable bonds is 1. The number of fused-ring (bicyclic) bond motifs is 1. The summed E-state index contributed by atoms with van der Waals surface area (Å²) >= 11 is 0. The predicted molar refractivity (Wildman–Crippen MR) is 107 cm³/mol. The van der Waals surface area contributed by atoms with E-state index in [2.05, 4.69) is 5.32 Å². The number of hydrogen-bond acceptors (Lipinski definition) is 6. The molecule has 0 aromatic heterocycles. The number of esters is 1. The number of carbonyl (C=O) groups excluding carboxylic acids is 4. The van der Waals surface area contributed by atoms with E-state index < -0.39 is 41.6 Å². The molecular formula is C22H35NO6. The third-order valence-corrected chi connectivity index (χ3v) is 6.68. The number of ether oxygens (including phenoxy) is 2. The summed E-state index contributed by atoms with van der Waals surface area (Å²) in [6.07, 6.45) is 0.250. The first-order chi connectivity index (χ1) is 13.4. The second kappa shape index (κ2) is 8.84. The molecule has 0 radical (unpaired) electrons. The van der Waals surface area contributed by atoms with Crippen LogP contribution in [-0.2, 0) is 23.9 Å². The molecule has 2 rings (SSSR count). The molecule has 7 nitrogen and oxygen atoms in total. The lowest BCUT2D eigenvalue weighted by molar-refractivity contribution is -0.170. The maximum absolute atomic E-state index is 13.1. The number of amides is 1. The van der Waals surface area contributed by atoms with E-state index in [9.17, 15) is 19.2 Å². The second-order valence-electron chi connectivity index (χ2n) is 9.22. The van der Waals surface area contributed by atoms with Crippen LogP contribution in [0.15, 0.2) is 0 Å². The fourth-order valence-corrected chi connectivity index (χ4v) is 4.99. The Morgan fingerprint density at radius 1 is 0.966 bits per heavy atom. The highest BCUT2D eigenvalue weighted by Crippen LogP contribution is 2.36. The van der Waals surface area contributed by atoms with Crippen molar-refractivity contribution in [1.29, 1.82) is 0 Å². The van der Waals surface area contributed by atoms with Gasteiger partial charge in [-0.3, -0.25) is 14.4 Å². The molecule has 0 saturated carbocycles. The summed E-state index contributed by atoms with van der Waals surface area (Å²) in [6, 6.07) is -0.620. The molecule has 7 heteroatoms. The molecule has 2 aliphatic heterocycles. The summed E-state index contributed by atoms with van der Waals surface area (Å²) in [6.45, 7) is 12.6. The van der Waals surface area contributed by atoms with Crippen LogP contribution in [0.1, 0.15) is 67.7 Å². The van der Waals surface area contributed by atoms with Crippen molar-refractivity contribution in [3.8, 4) is 0 Å². The van der Waals surface area contributed by atoms with Crippen LogP contribution in [0, 0.1) is 29.6 Å². The van der Waals surface area contributed by atoms with Gasteiger partial charge in [-0.15, -0.1) is 0 Å². The zero-order valence-corrected chi connectivity index (χ0v) is 18.6. The van der Waals surface area contributed by atoms with Crippen molar-refractivity contribution < 1.29 is 28.7 Å². The summed E-state index contributed by atoms with van der Waals surface area (Å²) in [5, 5.41) is 2.75. The average molecular weight is 410 g/mol. The van der Waals surface area contributed by atoms with Crippen LogP contribution in [0.4, 0.5) is 4.79 Å². The molecule has 0 bridgehead atoms. The molecule has 1 amide bonds. The minimum Gasteiger partial charge on any atom is -0.458 e. The highest BCUT2D eigenvalue weighted by atomic mass is 16.6. The first-order valence-corrected chi connectivity index (χ1v) is 10.7. The Bertz CT molecular complexity index is 676. The maximum Gasteiger partial charge on any atom is 0.408 e. The molecule has 0 spiro atoms. The van der Waals surface area contributed by atoms with E-state index in [1.165, 1.54) is 0 Å². The van der Waals surface area contributed by atoms with E-state index in [-0.39, 0.29) is 29.3 Å². The lowest BCUT2D eigenvalue weighted by Gasteiger charge is -2.38. The zero-order chi connectivity index (χ0) is 22.1. The van der Waals surface area contributed by atoms with E-state index in [1.807, 2.05) is 27.7 Å². The Hall–Kier alpha value is -1.92. The monoisotopic (exact) mass is 409 g/mol. The highest BCUT2D eigenvalue weighted by molar-refractivity contribution is 5.99. The minimum atomic E-state index is -1.19. The normalized spacial score (nSPS) is 42.4. The smallest absolute Gasteiger partial charge is 0.408 e. The van der Waals surface area contributed by atoms with Crippen LogP contribution in [0.25, 0.3) is 0 Å². The van der Waals surface area contributed by atoms with Crippen LogP contribution < -0.4 is 5.32 Å². The lowest BCUT2D eigenvalue weighted by Crippen LogP contribution is -2.56. The minimum absolute atomic E-state index is 0.0319. The van der Waals surface area contributed by atoms with Gasteiger partial charge in [-0.2, -0.15) is 0 Å². The number of hydrogen-bond donors (Lipinski definition) is 1. The Kier molecular flexibility index (Phi) is 7.12. The SMILES string of the molecule is CC[C@H]1OC(=O)[C@H](C)C(=O)[C@H](C)C[C@@H](C)C[C@@H](C)C(=O)C(C)C2NC(=O)O[C@@]21C. The van der Waals surface area contributed by atoms with Gasteiger partial charge in [0, 0.05) is 17.8 Å². The molecule has 2 fully saturated rings. The number of nitrogens with one attached hydrogen (secondary N) is 1. The van der Waals surface area contributed by atoms with Crippen LogP contribution in [0.3, 0.4) is 0 Å². The van der Waals surface area contributed by atoms with Crippen LogP contribution in [0.2, 0.25) is 0 Å². The highest BCUT2D eigenvalue weighted by Gasteiger charge is 2.55. The van der Waals surface area contributed by atoms with Gasteiger partial charge >= 0.3 is 12.1 Å². The van der Waals surface area contributed by atoms with Crippen LogP contribution >= 0.6 is 0 Å². The van der Waals surface area contributed by atoms with Crippen molar-refractivity contribution in [1.82, 2.24) is 5.32 Å². The summed E-state index contributed by atoms with van der Waals surface area (Å²) in [7, 11) is 0. The molecule has 8 atom stereocenters. The predicted octanol–water partition coefficient (Wildman–Crippen LogP) is 3.29. The molecule has 2 saturated heterocycles. The number of cyclic esters (lactones) is 1. The summed E-state index contributed by atoms with van der Waals surface area (Å²) in [4.78, 5) is 50.7. The van der Waals surface area contributed by atoms with Gasteiger partial charge in [0.15, 0.2) is 5.60 Å². The zero-order valence-electron chi connectivity index (χ0n) is 18.6. The van der Waals surface area contributed by atoms with Crippen molar-refractivity contribution in [3.05, 3.63) is 0 Å². The molecule has 0 aliphatic carbocycles. The number of alkyl carbamates (subject to hydrolysis) is 1. The van der Waals surface area contributed by atoms with Gasteiger partial charge < -0.3 is 14.8 Å². The summed E-state index contributed by atoms with van der Waals surface area (Å²) in [5.41, 5.74) is -1.19. The number of Topliss-reactive ketones (excluding diaryl/α,β-unsaturated/α-hetero) is 2. The van der Waals surface area contributed by atoms with Gasteiger partial charge in [0.1, 0.15) is 23.6 Å². The van der Waals surface area contributed by atoms with E-state index in [1.54, 1.807) is 20.8 Å². The van der Waals surface area contributed by atoms with Crippen LogP contribution in [-0.4, -0.2) is 41.4 Å². The molecular weight excluding hydrogens is 374 g/mol. The Balaban J connectivity index is 2.45. The van der Waals surface area contributed by atoms with Crippen molar-refractivity contribution in [3.63, 3.8) is 0 Å². The number of carbonyl (C=O) groups is 4. The Morgan fingerprint density at radius 3 is 2.07 bits per heavy atom. The molecule has 0 aromatic carbocycles. The first-order valence-electron chi connectivity index (χ1n) is 10.7. The van der Waals surface area contributed by atoms with E-state index in [4.69, 9.17) is 9.47 Å². The van der Waals surface area contributed by atoms with E-state index >= 15 is 0 Å². The topological polar surface area (TPSA) is 98.8 Å². The van der Waals surface area contributed by atoms with Crippen molar-refractivity contribution in [2.24, 2.45) is 29.6 Å². The van der Waals surface area contributed by atoms with Gasteiger partial charge in [0.05, 0.1) is 6.04 Å². The van der Waals surface area contributed by atoms with Gasteiger partial charge in [0.25, 0.3) is 0 Å². The molecule has 2 heterocycles. The standard InChI is InChI=1S/C22H35NO6/c1-8-16-22(7)19(23-21(27)29-22)14(5)17(24)12(3)9-11(2)10-13(4)18(25)15(6)20(26)28-16/h11-16,19H,8-10H2,1-7H3,(H,23,27)/t11-,12+,13+,14?,15+,16+,19?,22+/m0/s1. The molecule has 2 unspecified atom stereocenters. The van der Waals surface area contributed by atoms with Gasteiger partial charge in [-0.1, -0.05) is 34.6 Å². The fraction of sp³-hybridized carbons (Fsp3) is 0.818. The van der Waals surface area contributed by atoms with Crippen LogP contribution in [0.5, 0.6) is 0 Å². The van der Waals surface area contributed by atoms with Gasteiger partial charge in [-0.05, 0) is 39.0 Å². The third-order valence-electron chi connectivity index (χ3n) is 6.68. The van der Waals surface area contributed by atoms with Gasteiger partial charge in [-0.25, -0.2) is 4.79 Å². The molecule has 29 heavy (non-hydrogen) atoms. The van der Waals surface area contributed by atoms with Gasteiger partial charge in [0.2, 0.25) is 0 Å². The van der Waals surface area contributed by atoms with Crippen molar-refractivity contribution >= 4 is 23.6 Å².